The highest BCUT2D eigenvalue weighted by atomic mass is 35.5. The normalized spacial score (nSPS) is 11.0. The Balaban J connectivity index is 1.78. The summed E-state index contributed by atoms with van der Waals surface area (Å²) in [5, 5.41) is 0.889. The molecule has 0 aliphatic carbocycles. The molecular formula is C20H14ClFN4O3. The number of hydrogen-bond donors (Lipinski definition) is 1. The van der Waals surface area contributed by atoms with Gasteiger partial charge in [0.15, 0.2) is 17.4 Å². The van der Waals surface area contributed by atoms with E-state index in [0.717, 1.165) is 0 Å². The van der Waals surface area contributed by atoms with Crippen LogP contribution < -0.4 is 16.1 Å². The number of fused-ring (bicyclic) bond motifs is 1. The predicted octanol–water partition coefficient (Wildman–Crippen LogP) is 4.04. The molecule has 4 rings (SSSR count). The van der Waals surface area contributed by atoms with Crippen molar-refractivity contribution in [2.24, 2.45) is 0 Å². The Morgan fingerprint density at radius 3 is 2.72 bits per heavy atom. The highest BCUT2D eigenvalue weighted by Crippen LogP contribution is 2.34. The van der Waals surface area contributed by atoms with E-state index in [1.165, 1.54) is 30.7 Å². The molecule has 0 amide bonds. The van der Waals surface area contributed by atoms with Crippen molar-refractivity contribution in [2.45, 2.75) is 13.3 Å². The second-order valence-corrected chi connectivity index (χ2v) is 6.66. The van der Waals surface area contributed by atoms with Crippen molar-refractivity contribution in [1.82, 2.24) is 15.0 Å². The monoisotopic (exact) mass is 412 g/mol. The van der Waals surface area contributed by atoms with Crippen molar-refractivity contribution in [3.8, 4) is 11.8 Å². The van der Waals surface area contributed by atoms with Crippen LogP contribution in [0.25, 0.3) is 11.0 Å². The van der Waals surface area contributed by atoms with Gasteiger partial charge >= 0.3 is 11.6 Å². The lowest BCUT2D eigenvalue weighted by Gasteiger charge is -2.11. The van der Waals surface area contributed by atoms with Gasteiger partial charge in [-0.15, -0.1) is 0 Å². The molecule has 0 bridgehead atoms. The lowest BCUT2D eigenvalue weighted by atomic mass is 10.00. The zero-order valence-electron chi connectivity index (χ0n) is 15.1. The lowest BCUT2D eigenvalue weighted by Crippen LogP contribution is -2.12. The number of aromatic nitrogens is 3. The van der Waals surface area contributed by atoms with E-state index in [-0.39, 0.29) is 40.2 Å². The molecule has 146 valence electrons. The van der Waals surface area contributed by atoms with E-state index < -0.39 is 11.4 Å². The van der Waals surface area contributed by atoms with Crippen LogP contribution in [0, 0.1) is 12.7 Å². The standard InChI is InChI=1S/C20H14ClFN4O3/c1-10-12-8-14(21)16(29-20-25-4-2-5-26-20)9-15(12)28-19(27)13(10)7-11-3-6-24-18(23)17(11)22/h2-6,8-9H,7H2,1H3,(H2,23,24). The second-order valence-electron chi connectivity index (χ2n) is 6.25. The number of nitrogens with two attached hydrogens (primary N) is 1. The Bertz CT molecular complexity index is 1280. The summed E-state index contributed by atoms with van der Waals surface area (Å²) in [6.45, 7) is 1.74. The number of benzene rings is 1. The highest BCUT2D eigenvalue weighted by molar-refractivity contribution is 6.32. The van der Waals surface area contributed by atoms with Gasteiger partial charge in [0.2, 0.25) is 0 Å². The van der Waals surface area contributed by atoms with Gasteiger partial charge in [0.1, 0.15) is 5.58 Å². The summed E-state index contributed by atoms with van der Waals surface area (Å²) in [4.78, 5) is 24.2. The highest BCUT2D eigenvalue weighted by Gasteiger charge is 2.17. The van der Waals surface area contributed by atoms with E-state index in [2.05, 4.69) is 15.0 Å². The summed E-state index contributed by atoms with van der Waals surface area (Å²) in [5.41, 5.74) is 6.38. The van der Waals surface area contributed by atoms with Crippen LogP contribution in [0.4, 0.5) is 10.2 Å². The van der Waals surface area contributed by atoms with Gasteiger partial charge in [-0.1, -0.05) is 11.6 Å². The first-order chi connectivity index (χ1) is 13.9. The molecule has 0 saturated carbocycles. The number of rotatable bonds is 4. The molecule has 3 heterocycles. The van der Waals surface area contributed by atoms with Crippen molar-refractivity contribution in [1.29, 1.82) is 0 Å². The van der Waals surface area contributed by atoms with Crippen molar-refractivity contribution < 1.29 is 13.5 Å². The molecule has 0 radical (unpaired) electrons. The van der Waals surface area contributed by atoms with Crippen molar-refractivity contribution in [3.63, 3.8) is 0 Å². The smallest absolute Gasteiger partial charge is 0.340 e. The van der Waals surface area contributed by atoms with Crippen LogP contribution in [0.3, 0.4) is 0 Å². The molecule has 0 saturated heterocycles. The zero-order valence-corrected chi connectivity index (χ0v) is 15.9. The molecule has 0 aliphatic rings. The Kier molecular flexibility index (Phi) is 4.85. The van der Waals surface area contributed by atoms with Gasteiger partial charge < -0.3 is 14.9 Å². The summed E-state index contributed by atoms with van der Waals surface area (Å²) in [6.07, 6.45) is 4.45. The molecule has 3 aromatic heterocycles. The quantitative estimate of drug-likeness (QED) is 0.504. The van der Waals surface area contributed by atoms with Crippen molar-refractivity contribution in [3.05, 3.63) is 80.8 Å². The maximum absolute atomic E-state index is 14.2. The summed E-state index contributed by atoms with van der Waals surface area (Å²) in [7, 11) is 0. The molecule has 9 heteroatoms. The third-order valence-electron chi connectivity index (χ3n) is 4.45. The Morgan fingerprint density at radius 1 is 1.21 bits per heavy atom. The van der Waals surface area contributed by atoms with E-state index in [4.69, 9.17) is 26.5 Å². The van der Waals surface area contributed by atoms with Crippen LogP contribution in [0.15, 0.2) is 52.1 Å². The van der Waals surface area contributed by atoms with Gasteiger partial charge in [-0.05, 0) is 36.2 Å². The first kappa shape index (κ1) is 18.8. The second kappa shape index (κ2) is 7.48. The van der Waals surface area contributed by atoms with Crippen LogP contribution in [0.1, 0.15) is 16.7 Å². The SMILES string of the molecule is Cc1c(Cc2ccnc(N)c2F)c(=O)oc2cc(Oc3ncccn3)c(Cl)cc12. The average molecular weight is 413 g/mol. The summed E-state index contributed by atoms with van der Waals surface area (Å²) < 4.78 is 25.2. The maximum Gasteiger partial charge on any atom is 0.340 e. The van der Waals surface area contributed by atoms with Gasteiger partial charge in [-0.25, -0.2) is 24.1 Å². The van der Waals surface area contributed by atoms with Gasteiger partial charge in [-0.2, -0.15) is 0 Å². The minimum absolute atomic E-state index is 0.0103. The molecule has 0 unspecified atom stereocenters. The molecule has 0 aliphatic heterocycles. The van der Waals surface area contributed by atoms with Crippen LogP contribution in [-0.2, 0) is 6.42 Å². The van der Waals surface area contributed by atoms with E-state index in [9.17, 15) is 9.18 Å². The molecule has 4 aromatic rings. The largest absolute Gasteiger partial charge is 0.423 e. The third-order valence-corrected chi connectivity index (χ3v) is 4.74. The average Bonchev–Trinajstić information content (AvgIpc) is 2.70. The van der Waals surface area contributed by atoms with Crippen molar-refractivity contribution >= 4 is 28.4 Å². The minimum Gasteiger partial charge on any atom is -0.423 e. The third kappa shape index (κ3) is 3.62. The summed E-state index contributed by atoms with van der Waals surface area (Å²) in [5.74, 6) is -0.636. The molecule has 2 N–H and O–H groups in total. The summed E-state index contributed by atoms with van der Waals surface area (Å²) >= 11 is 6.34. The fourth-order valence-electron chi connectivity index (χ4n) is 2.94. The van der Waals surface area contributed by atoms with Crippen LogP contribution in [0.5, 0.6) is 11.8 Å². The van der Waals surface area contributed by atoms with E-state index in [1.54, 1.807) is 19.1 Å². The number of pyridine rings is 1. The molecule has 29 heavy (non-hydrogen) atoms. The Hall–Kier alpha value is -3.52. The van der Waals surface area contributed by atoms with Crippen LogP contribution in [-0.4, -0.2) is 15.0 Å². The van der Waals surface area contributed by atoms with Crippen molar-refractivity contribution in [2.75, 3.05) is 5.73 Å². The number of nitrogens with zero attached hydrogens (tertiary/aromatic N) is 3. The first-order valence-electron chi connectivity index (χ1n) is 8.53. The van der Waals surface area contributed by atoms with E-state index in [1.807, 2.05) is 0 Å². The zero-order chi connectivity index (χ0) is 20.5. The first-order valence-corrected chi connectivity index (χ1v) is 8.91. The fourth-order valence-corrected chi connectivity index (χ4v) is 3.14. The van der Waals surface area contributed by atoms with Gasteiger partial charge in [0, 0.05) is 42.0 Å². The molecule has 0 fully saturated rings. The molecule has 0 atom stereocenters. The molecule has 1 aromatic carbocycles. The topological polar surface area (TPSA) is 104 Å². The molecule has 0 spiro atoms. The number of anilines is 1. The van der Waals surface area contributed by atoms with Gasteiger partial charge in [-0.3, -0.25) is 0 Å². The predicted molar refractivity (Wildman–Crippen MR) is 106 cm³/mol. The van der Waals surface area contributed by atoms with Crippen LogP contribution in [0.2, 0.25) is 5.02 Å². The maximum atomic E-state index is 14.2. The van der Waals surface area contributed by atoms with Gasteiger partial charge in [0.05, 0.1) is 5.02 Å². The van der Waals surface area contributed by atoms with Crippen LogP contribution >= 0.6 is 11.6 Å². The van der Waals surface area contributed by atoms with E-state index >= 15 is 0 Å². The minimum atomic E-state index is -0.656. The lowest BCUT2D eigenvalue weighted by molar-refractivity contribution is 0.441. The number of ether oxygens (including phenoxy) is 1. The Labute approximate surface area is 169 Å². The van der Waals surface area contributed by atoms with Gasteiger partial charge in [0.25, 0.3) is 0 Å². The Morgan fingerprint density at radius 2 is 1.97 bits per heavy atom. The number of halogens is 2. The number of hydrogen-bond acceptors (Lipinski definition) is 7. The number of aryl methyl sites for hydroxylation is 1. The fraction of sp³-hybridized carbons (Fsp3) is 0.100. The number of nitrogen functional groups attached to an aromatic ring is 1. The van der Waals surface area contributed by atoms with E-state index in [0.29, 0.717) is 16.5 Å². The summed E-state index contributed by atoms with van der Waals surface area (Å²) in [6, 6.07) is 6.34. The molecular weight excluding hydrogens is 399 g/mol. The molecule has 7 nitrogen and oxygen atoms in total.